The molecular weight excluding hydrogens is 428 g/mol. The van der Waals surface area contributed by atoms with Crippen LogP contribution in [0.3, 0.4) is 0 Å². The molecule has 0 aromatic heterocycles. The van der Waals surface area contributed by atoms with Crippen molar-refractivity contribution < 1.29 is 19.1 Å². The smallest absolute Gasteiger partial charge is 0.262 e. The lowest BCUT2D eigenvalue weighted by molar-refractivity contribution is -0.129. The zero-order chi connectivity index (χ0) is 23.3. The summed E-state index contributed by atoms with van der Waals surface area (Å²) in [4.78, 5) is 24.8. The molecule has 0 saturated heterocycles. The highest BCUT2D eigenvalue weighted by atomic mass is 35.5. The van der Waals surface area contributed by atoms with Gasteiger partial charge in [0.1, 0.15) is 11.5 Å². The number of amides is 2. The monoisotopic (exact) mass is 456 g/mol. The molecule has 0 bridgehead atoms. The number of benzene rings is 2. The molecule has 0 aliphatic carbocycles. The van der Waals surface area contributed by atoms with Crippen molar-refractivity contribution >= 4 is 23.4 Å². The van der Waals surface area contributed by atoms with Gasteiger partial charge in [-0.1, -0.05) is 35.9 Å². The van der Waals surface area contributed by atoms with E-state index < -0.39 is 6.10 Å². The zero-order valence-electron chi connectivity index (χ0n) is 18.7. The first kappa shape index (κ1) is 23.7. The highest BCUT2D eigenvalue weighted by Gasteiger charge is 2.27. The van der Waals surface area contributed by atoms with Crippen LogP contribution in [0.2, 0.25) is 5.02 Å². The second-order valence-corrected chi connectivity index (χ2v) is 8.63. The molecule has 2 amide bonds. The van der Waals surface area contributed by atoms with E-state index in [-0.39, 0.29) is 24.5 Å². The normalized spacial score (nSPS) is 15.7. The van der Waals surface area contributed by atoms with E-state index in [0.29, 0.717) is 29.3 Å². The summed E-state index contributed by atoms with van der Waals surface area (Å²) in [5.74, 6) is 0.854. The van der Waals surface area contributed by atoms with Crippen molar-refractivity contribution in [1.82, 2.24) is 10.6 Å². The Labute approximate surface area is 193 Å². The second kappa shape index (κ2) is 10.6. The minimum Gasteiger partial charge on any atom is -0.484 e. The third-order valence-electron chi connectivity index (χ3n) is 5.21. The summed E-state index contributed by atoms with van der Waals surface area (Å²) in [5, 5.41) is 6.30. The Morgan fingerprint density at radius 3 is 2.78 bits per heavy atom. The maximum absolute atomic E-state index is 12.6. The Morgan fingerprint density at radius 1 is 1.25 bits per heavy atom. The van der Waals surface area contributed by atoms with Crippen LogP contribution in [-0.2, 0) is 16.0 Å². The van der Waals surface area contributed by atoms with Gasteiger partial charge in [0, 0.05) is 23.2 Å². The fraction of sp³-hybridized carbons (Fsp3) is 0.360. The molecule has 2 aromatic carbocycles. The number of nitrogens with one attached hydrogen (secondary N) is 2. The van der Waals surface area contributed by atoms with Gasteiger partial charge in [0.05, 0.1) is 0 Å². The van der Waals surface area contributed by atoms with Gasteiger partial charge < -0.3 is 20.1 Å². The van der Waals surface area contributed by atoms with Crippen molar-refractivity contribution in [2.45, 2.75) is 52.2 Å². The molecule has 32 heavy (non-hydrogen) atoms. The van der Waals surface area contributed by atoms with Crippen LogP contribution in [0.1, 0.15) is 36.5 Å². The van der Waals surface area contributed by atoms with E-state index in [4.69, 9.17) is 21.1 Å². The number of hydrogen-bond donors (Lipinski definition) is 2. The summed E-state index contributed by atoms with van der Waals surface area (Å²) in [6.45, 7) is 9.51. The fourth-order valence-electron chi connectivity index (χ4n) is 3.60. The number of ether oxygens (including phenoxy) is 2. The quantitative estimate of drug-likeness (QED) is 0.622. The number of rotatable bonds is 8. The number of halogens is 1. The fourth-order valence-corrected chi connectivity index (χ4v) is 3.72. The molecule has 6 nitrogen and oxygen atoms in total. The molecule has 0 radical (unpaired) electrons. The summed E-state index contributed by atoms with van der Waals surface area (Å²) < 4.78 is 11.4. The molecule has 0 spiro atoms. The van der Waals surface area contributed by atoms with Crippen LogP contribution in [0, 0.1) is 13.8 Å². The molecule has 1 aliphatic rings. The Balaban J connectivity index is 1.41. The van der Waals surface area contributed by atoms with Gasteiger partial charge in [0.25, 0.3) is 11.8 Å². The molecule has 3 rings (SSSR count). The first-order valence-corrected chi connectivity index (χ1v) is 11.0. The molecule has 1 heterocycles. The molecule has 0 saturated carbocycles. The summed E-state index contributed by atoms with van der Waals surface area (Å²) >= 11 is 5.99. The molecule has 2 atom stereocenters. The molecule has 7 heteroatoms. The van der Waals surface area contributed by atoms with Crippen LogP contribution >= 0.6 is 11.6 Å². The van der Waals surface area contributed by atoms with Gasteiger partial charge in [-0.25, -0.2) is 0 Å². The molecule has 2 N–H and O–H groups in total. The van der Waals surface area contributed by atoms with E-state index in [1.54, 1.807) is 18.2 Å². The van der Waals surface area contributed by atoms with Gasteiger partial charge >= 0.3 is 0 Å². The van der Waals surface area contributed by atoms with E-state index in [2.05, 4.69) is 23.3 Å². The number of carbonyl (C=O) groups excluding carboxylic acids is 2. The number of fused-ring (bicyclic) bond motifs is 1. The van der Waals surface area contributed by atoms with Gasteiger partial charge in [0.15, 0.2) is 12.7 Å². The molecule has 170 valence electrons. The van der Waals surface area contributed by atoms with Gasteiger partial charge in [-0.3, -0.25) is 9.59 Å². The number of hydrogen-bond acceptors (Lipinski definition) is 4. The van der Waals surface area contributed by atoms with E-state index in [1.165, 1.54) is 5.56 Å². The van der Waals surface area contributed by atoms with E-state index in [0.717, 1.165) is 23.3 Å². The molecular formula is C25H29ClN2O4. The third kappa shape index (κ3) is 6.50. The average Bonchev–Trinajstić information content (AvgIpc) is 2.73. The summed E-state index contributed by atoms with van der Waals surface area (Å²) in [7, 11) is 0. The summed E-state index contributed by atoms with van der Waals surface area (Å²) in [5.41, 5.74) is 3.69. The van der Waals surface area contributed by atoms with E-state index >= 15 is 0 Å². The maximum atomic E-state index is 12.6. The third-order valence-corrected chi connectivity index (χ3v) is 5.63. The lowest BCUT2D eigenvalue weighted by Gasteiger charge is -2.27. The minimum absolute atomic E-state index is 0.143. The molecule has 1 aliphatic heterocycles. The van der Waals surface area contributed by atoms with Gasteiger partial charge in [0.2, 0.25) is 0 Å². The maximum Gasteiger partial charge on any atom is 0.262 e. The largest absolute Gasteiger partial charge is 0.484 e. The van der Waals surface area contributed by atoms with Crippen LogP contribution in [0.15, 0.2) is 48.7 Å². The molecule has 2 unspecified atom stereocenters. The standard InChI is InChI=1S/C25H29ClN2O4/c1-15-5-9-22-19(11-15)6-10-23(32-22)25(30)28-18(4)13-17(3)27-24(29)14-31-20-7-8-21(26)16(2)12-20/h5,7-9,11-12,18,23H,3,6,10,13-14H2,1-2,4H3,(H,27,29)(H,28,30). The minimum atomic E-state index is -0.522. The Bertz CT molecular complexity index is 1020. The molecule has 2 aromatic rings. The SMILES string of the molecule is C=C(CC(C)NC(=O)C1CCc2cc(C)ccc2O1)NC(=O)COc1ccc(Cl)c(C)c1. The topological polar surface area (TPSA) is 76.7 Å². The van der Waals surface area contributed by atoms with E-state index in [9.17, 15) is 9.59 Å². The van der Waals surface area contributed by atoms with Gasteiger partial charge in [-0.2, -0.15) is 0 Å². The van der Waals surface area contributed by atoms with Crippen molar-refractivity contribution in [1.29, 1.82) is 0 Å². The van der Waals surface area contributed by atoms with Crippen LogP contribution in [-0.4, -0.2) is 30.6 Å². The lowest BCUT2D eigenvalue weighted by atomic mass is 10.00. The highest BCUT2D eigenvalue weighted by molar-refractivity contribution is 6.31. The predicted molar refractivity (Wildman–Crippen MR) is 125 cm³/mol. The Kier molecular flexibility index (Phi) is 7.80. The Hall–Kier alpha value is -2.99. The zero-order valence-corrected chi connectivity index (χ0v) is 19.4. The number of aryl methyl sites for hydroxylation is 3. The van der Waals surface area contributed by atoms with Crippen LogP contribution in [0.25, 0.3) is 0 Å². The van der Waals surface area contributed by atoms with Crippen molar-refractivity contribution in [3.63, 3.8) is 0 Å². The van der Waals surface area contributed by atoms with Crippen molar-refractivity contribution in [3.05, 3.63) is 70.4 Å². The molecule has 0 fully saturated rings. The van der Waals surface area contributed by atoms with Crippen LogP contribution < -0.4 is 20.1 Å². The number of carbonyl (C=O) groups is 2. The van der Waals surface area contributed by atoms with Crippen molar-refractivity contribution in [3.8, 4) is 11.5 Å². The lowest BCUT2D eigenvalue weighted by Crippen LogP contribution is -2.44. The summed E-state index contributed by atoms with van der Waals surface area (Å²) in [6.07, 6.45) is 1.32. The van der Waals surface area contributed by atoms with E-state index in [1.807, 2.05) is 32.9 Å². The van der Waals surface area contributed by atoms with Crippen LogP contribution in [0.5, 0.6) is 11.5 Å². The first-order valence-electron chi connectivity index (χ1n) is 10.6. The second-order valence-electron chi connectivity index (χ2n) is 8.22. The van der Waals surface area contributed by atoms with Gasteiger partial charge in [-0.05, 0) is 69.0 Å². The van der Waals surface area contributed by atoms with Crippen LogP contribution in [0.4, 0.5) is 0 Å². The summed E-state index contributed by atoms with van der Waals surface area (Å²) in [6, 6.07) is 11.0. The van der Waals surface area contributed by atoms with Crippen molar-refractivity contribution in [2.75, 3.05) is 6.61 Å². The predicted octanol–water partition coefficient (Wildman–Crippen LogP) is 4.25. The first-order chi connectivity index (χ1) is 15.2. The average molecular weight is 457 g/mol. The van der Waals surface area contributed by atoms with Crippen molar-refractivity contribution in [2.24, 2.45) is 0 Å². The highest BCUT2D eigenvalue weighted by Crippen LogP contribution is 2.28. The Morgan fingerprint density at radius 2 is 2.03 bits per heavy atom. The van der Waals surface area contributed by atoms with Gasteiger partial charge in [-0.15, -0.1) is 0 Å².